The number of hydrogen-bond donors (Lipinski definition) is 2. The molecule has 0 heterocycles. The predicted molar refractivity (Wildman–Crippen MR) is 82.1 cm³/mol. The fraction of sp³-hybridized carbons (Fsp3) is 1.00. The van der Waals surface area contributed by atoms with Crippen LogP contribution in [0, 0.1) is 0 Å². The van der Waals surface area contributed by atoms with Crippen LogP contribution in [0.15, 0.2) is 0 Å². The van der Waals surface area contributed by atoms with Crippen LogP contribution in [0.2, 0.25) is 0 Å². The maximum absolute atomic E-state index is 5.42. The smallest absolute Gasteiger partial charge is 0.0107 e. The third kappa shape index (κ3) is 20.4. The maximum Gasteiger partial charge on any atom is 0.0107 e. The van der Waals surface area contributed by atoms with E-state index in [0.717, 1.165) is 39.3 Å². The van der Waals surface area contributed by atoms with Gasteiger partial charge in [0.2, 0.25) is 0 Å². The monoisotopic (exact) mass is 318 g/mol. The molecule has 0 aliphatic carbocycles. The Labute approximate surface area is 124 Å². The van der Waals surface area contributed by atoms with E-state index in [-0.39, 0.29) is 49.6 Å². The third-order valence-corrected chi connectivity index (χ3v) is 1.89. The molecule has 0 unspecified atom stereocenters. The van der Waals surface area contributed by atoms with Gasteiger partial charge in [-0.1, -0.05) is 0 Å². The minimum absolute atomic E-state index is 0. The van der Waals surface area contributed by atoms with E-state index in [4.69, 9.17) is 11.5 Å². The first-order valence-electron chi connectivity index (χ1n) is 4.48. The van der Waals surface area contributed by atoms with Crippen molar-refractivity contribution in [3.8, 4) is 0 Å². The Bertz CT molecular complexity index is 98.0. The van der Waals surface area contributed by atoms with Crippen molar-refractivity contribution in [3.63, 3.8) is 0 Å². The van der Waals surface area contributed by atoms with E-state index in [0.29, 0.717) is 0 Å². The summed E-state index contributed by atoms with van der Waals surface area (Å²) >= 11 is 0. The van der Waals surface area contributed by atoms with Gasteiger partial charge in [-0.15, -0.1) is 49.6 Å². The van der Waals surface area contributed by atoms with Gasteiger partial charge in [-0.25, -0.2) is 0 Å². The van der Waals surface area contributed by atoms with Gasteiger partial charge in [-0.3, -0.25) is 0 Å². The van der Waals surface area contributed by atoms with E-state index in [1.54, 1.807) is 0 Å². The molecule has 4 N–H and O–H groups in total. The summed E-state index contributed by atoms with van der Waals surface area (Å²) in [6.07, 6.45) is 0. The number of nitrogens with zero attached hydrogens (tertiary/aromatic N) is 2. The Morgan fingerprint density at radius 1 is 0.625 bits per heavy atom. The van der Waals surface area contributed by atoms with Crippen molar-refractivity contribution < 1.29 is 0 Å². The zero-order valence-corrected chi connectivity index (χ0v) is 13.2. The van der Waals surface area contributed by atoms with Crippen LogP contribution < -0.4 is 11.5 Å². The fourth-order valence-electron chi connectivity index (χ4n) is 1.01. The summed E-state index contributed by atoms with van der Waals surface area (Å²) in [6, 6.07) is 0. The SMILES string of the molecule is CN(CCN)CCN(C)CCN.Cl.Cl.Cl.Cl. The lowest BCUT2D eigenvalue weighted by molar-refractivity contribution is 0.264. The lowest BCUT2D eigenvalue weighted by atomic mass is 10.4. The van der Waals surface area contributed by atoms with Crippen LogP contribution in [0.5, 0.6) is 0 Å². The fourth-order valence-corrected chi connectivity index (χ4v) is 1.01. The van der Waals surface area contributed by atoms with E-state index < -0.39 is 0 Å². The molecule has 0 amide bonds. The molecule has 0 aromatic heterocycles. The second kappa shape index (κ2) is 21.3. The van der Waals surface area contributed by atoms with Crippen molar-refractivity contribution in [2.24, 2.45) is 11.5 Å². The molecule has 0 fully saturated rings. The molecular weight excluding hydrogens is 294 g/mol. The van der Waals surface area contributed by atoms with E-state index in [2.05, 4.69) is 23.9 Å². The minimum Gasteiger partial charge on any atom is -0.329 e. The van der Waals surface area contributed by atoms with Crippen LogP contribution in [-0.4, -0.2) is 63.2 Å². The molecule has 0 aromatic rings. The van der Waals surface area contributed by atoms with Gasteiger partial charge >= 0.3 is 0 Å². The molecule has 0 bridgehead atoms. The molecule has 0 spiro atoms. The molecular formula is C8H26Cl4N4. The molecule has 106 valence electrons. The van der Waals surface area contributed by atoms with Crippen molar-refractivity contribution in [2.45, 2.75) is 0 Å². The summed E-state index contributed by atoms with van der Waals surface area (Å²) in [5, 5.41) is 0. The molecule has 0 aromatic carbocycles. The van der Waals surface area contributed by atoms with Crippen molar-refractivity contribution in [2.75, 3.05) is 53.4 Å². The summed E-state index contributed by atoms with van der Waals surface area (Å²) < 4.78 is 0. The molecule has 8 heteroatoms. The largest absolute Gasteiger partial charge is 0.329 e. The molecule has 0 saturated heterocycles. The summed E-state index contributed by atoms with van der Waals surface area (Å²) in [7, 11) is 4.17. The van der Waals surface area contributed by atoms with E-state index in [9.17, 15) is 0 Å². The second-order valence-electron chi connectivity index (χ2n) is 3.18. The highest BCUT2D eigenvalue weighted by Crippen LogP contribution is 1.84. The zero-order chi connectivity index (χ0) is 9.40. The van der Waals surface area contributed by atoms with Gasteiger partial charge in [0, 0.05) is 39.3 Å². The number of likely N-dealkylation sites (N-methyl/N-ethyl adjacent to an activating group) is 2. The van der Waals surface area contributed by atoms with Crippen LogP contribution in [0.1, 0.15) is 0 Å². The summed E-state index contributed by atoms with van der Waals surface area (Å²) in [6.45, 7) is 5.53. The number of halogens is 4. The van der Waals surface area contributed by atoms with Crippen LogP contribution in [0.3, 0.4) is 0 Å². The molecule has 0 atom stereocenters. The Hall–Kier alpha value is 1.00. The lowest BCUT2D eigenvalue weighted by Crippen LogP contribution is -2.35. The maximum atomic E-state index is 5.42. The van der Waals surface area contributed by atoms with Gasteiger partial charge in [-0.2, -0.15) is 0 Å². The number of hydrogen-bond acceptors (Lipinski definition) is 4. The summed E-state index contributed by atoms with van der Waals surface area (Å²) in [5.41, 5.74) is 10.8. The highest BCUT2D eigenvalue weighted by molar-refractivity contribution is 5.86. The van der Waals surface area contributed by atoms with E-state index >= 15 is 0 Å². The first-order chi connectivity index (χ1) is 5.70. The third-order valence-electron chi connectivity index (χ3n) is 1.89. The van der Waals surface area contributed by atoms with E-state index in [1.165, 1.54) is 0 Å². The van der Waals surface area contributed by atoms with Crippen LogP contribution >= 0.6 is 49.6 Å². The standard InChI is InChI=1S/C8H22N4.4ClH/c1-11(5-3-9)7-8-12(2)6-4-10;;;;/h3-10H2,1-2H3;4*1H. The first-order valence-corrected chi connectivity index (χ1v) is 4.48. The summed E-state index contributed by atoms with van der Waals surface area (Å²) in [4.78, 5) is 4.46. The Morgan fingerprint density at radius 2 is 0.875 bits per heavy atom. The topological polar surface area (TPSA) is 58.5 Å². The average molecular weight is 320 g/mol. The molecule has 0 radical (unpaired) electrons. The summed E-state index contributed by atoms with van der Waals surface area (Å²) in [5.74, 6) is 0. The van der Waals surface area contributed by atoms with Crippen molar-refractivity contribution in [3.05, 3.63) is 0 Å². The normalized spacial score (nSPS) is 8.62. The van der Waals surface area contributed by atoms with Gasteiger partial charge < -0.3 is 21.3 Å². The Morgan fingerprint density at radius 3 is 1.06 bits per heavy atom. The highest BCUT2D eigenvalue weighted by Gasteiger charge is 1.99. The van der Waals surface area contributed by atoms with Crippen LogP contribution in [-0.2, 0) is 0 Å². The Kier molecular flexibility index (Phi) is 40.2. The minimum atomic E-state index is 0. The van der Waals surface area contributed by atoms with Gasteiger partial charge in [-0.05, 0) is 14.1 Å². The molecule has 0 aliphatic heterocycles. The molecule has 0 aliphatic rings. The highest BCUT2D eigenvalue weighted by atomic mass is 35.5. The van der Waals surface area contributed by atoms with Crippen LogP contribution in [0.4, 0.5) is 0 Å². The molecule has 4 nitrogen and oxygen atoms in total. The van der Waals surface area contributed by atoms with Crippen molar-refractivity contribution >= 4 is 49.6 Å². The molecule has 16 heavy (non-hydrogen) atoms. The molecule has 0 saturated carbocycles. The van der Waals surface area contributed by atoms with Crippen LogP contribution in [0.25, 0.3) is 0 Å². The first kappa shape index (κ1) is 30.2. The lowest BCUT2D eigenvalue weighted by Gasteiger charge is -2.20. The number of nitrogens with two attached hydrogens (primary N) is 2. The average Bonchev–Trinajstić information content (AvgIpc) is 2.02. The van der Waals surface area contributed by atoms with Gasteiger partial charge in [0.1, 0.15) is 0 Å². The van der Waals surface area contributed by atoms with Gasteiger partial charge in [0.15, 0.2) is 0 Å². The van der Waals surface area contributed by atoms with Crippen molar-refractivity contribution in [1.29, 1.82) is 0 Å². The molecule has 0 rings (SSSR count). The zero-order valence-electron chi connectivity index (χ0n) is 9.92. The number of rotatable bonds is 7. The quantitative estimate of drug-likeness (QED) is 0.715. The Balaban J connectivity index is -0.000000101. The van der Waals surface area contributed by atoms with Crippen molar-refractivity contribution in [1.82, 2.24) is 9.80 Å². The second-order valence-corrected chi connectivity index (χ2v) is 3.18. The van der Waals surface area contributed by atoms with Gasteiger partial charge in [0.25, 0.3) is 0 Å². The van der Waals surface area contributed by atoms with E-state index in [1.807, 2.05) is 0 Å². The predicted octanol–water partition coefficient (Wildman–Crippen LogP) is 0.455. The van der Waals surface area contributed by atoms with Gasteiger partial charge in [0.05, 0.1) is 0 Å².